The summed E-state index contributed by atoms with van der Waals surface area (Å²) >= 11 is 0. The molecule has 0 bridgehead atoms. The number of carbonyl (C=O) groups is 7. The Bertz CT molecular complexity index is 2430. The maximum absolute atomic E-state index is 13.3. The van der Waals surface area contributed by atoms with Crippen molar-refractivity contribution in [3.63, 3.8) is 0 Å². The molecule has 0 atom stereocenters. The lowest BCUT2D eigenvalue weighted by atomic mass is 10.00. The Hall–Kier alpha value is -7.52. The second-order valence-corrected chi connectivity index (χ2v) is 14.2. The zero-order valence-electron chi connectivity index (χ0n) is 33.8. The SMILES string of the molecule is CCOC(=O)c1nc(NC(=O)CC(C)(C)NC(=O)c2cc(NC(=O)c3nc(NC(=O)CCNC(=O)c4cc(NC(=O)c5nccn5C)cn4C)cn3C)cn2C)cn1C. The molecular weight excluding hydrogens is 768 g/mol. The van der Waals surface area contributed by atoms with Crippen LogP contribution >= 0.6 is 0 Å². The third kappa shape index (κ3) is 10.7. The van der Waals surface area contributed by atoms with Crippen LogP contribution in [-0.2, 0) is 49.6 Å². The lowest BCUT2D eigenvalue weighted by Gasteiger charge is -2.25. The molecule has 0 saturated heterocycles. The number of amides is 6. The van der Waals surface area contributed by atoms with E-state index in [0.29, 0.717) is 5.69 Å². The van der Waals surface area contributed by atoms with Crippen molar-refractivity contribution < 1.29 is 38.3 Å². The molecule has 0 unspecified atom stereocenters. The number of nitrogens with zero attached hydrogens (tertiary/aromatic N) is 8. The highest BCUT2D eigenvalue weighted by Crippen LogP contribution is 2.19. The highest BCUT2D eigenvalue weighted by Gasteiger charge is 2.27. The van der Waals surface area contributed by atoms with Crippen molar-refractivity contribution in [3.8, 4) is 0 Å². The van der Waals surface area contributed by atoms with Crippen LogP contribution in [0.5, 0.6) is 0 Å². The summed E-state index contributed by atoms with van der Waals surface area (Å²) in [5, 5.41) is 16.1. The molecule has 0 aliphatic carbocycles. The van der Waals surface area contributed by atoms with E-state index in [0.717, 1.165) is 0 Å². The highest BCUT2D eigenvalue weighted by atomic mass is 16.5. The Morgan fingerprint density at radius 2 is 1.19 bits per heavy atom. The summed E-state index contributed by atoms with van der Waals surface area (Å²) in [6.07, 6.45) is 8.94. The smallest absolute Gasteiger partial charge is 0.374 e. The summed E-state index contributed by atoms with van der Waals surface area (Å²) in [6.45, 7) is 5.17. The summed E-state index contributed by atoms with van der Waals surface area (Å²) < 4.78 is 12.4. The van der Waals surface area contributed by atoms with Crippen molar-refractivity contribution in [2.45, 2.75) is 39.2 Å². The number of rotatable bonds is 16. The number of imidazole rings is 3. The predicted molar refractivity (Wildman–Crippen MR) is 213 cm³/mol. The number of nitrogens with one attached hydrogen (secondary N) is 6. The maximum Gasteiger partial charge on any atom is 0.374 e. The molecule has 22 heteroatoms. The lowest BCUT2D eigenvalue weighted by Crippen LogP contribution is -2.46. The van der Waals surface area contributed by atoms with Crippen LogP contribution in [0.3, 0.4) is 0 Å². The van der Waals surface area contributed by atoms with Crippen molar-refractivity contribution in [1.29, 1.82) is 0 Å². The van der Waals surface area contributed by atoms with Crippen LogP contribution in [-0.4, -0.2) is 97.9 Å². The van der Waals surface area contributed by atoms with Crippen LogP contribution in [0.4, 0.5) is 23.0 Å². The molecule has 0 fully saturated rings. The highest BCUT2D eigenvalue weighted by molar-refractivity contribution is 6.04. The molecule has 5 aromatic rings. The average Bonchev–Trinajstić information content (AvgIpc) is 3.97. The van der Waals surface area contributed by atoms with Crippen LogP contribution in [0.15, 0.2) is 49.3 Å². The first kappa shape index (κ1) is 42.6. The van der Waals surface area contributed by atoms with Gasteiger partial charge in [0.15, 0.2) is 17.5 Å². The molecule has 0 aromatic carbocycles. The van der Waals surface area contributed by atoms with Crippen LogP contribution in [0, 0.1) is 0 Å². The van der Waals surface area contributed by atoms with E-state index in [9.17, 15) is 33.6 Å². The maximum atomic E-state index is 13.3. The minimum atomic E-state index is -1.01. The van der Waals surface area contributed by atoms with Gasteiger partial charge in [0.25, 0.3) is 23.6 Å². The van der Waals surface area contributed by atoms with Crippen molar-refractivity contribution in [3.05, 3.63) is 78.2 Å². The van der Waals surface area contributed by atoms with Crippen LogP contribution < -0.4 is 31.9 Å². The van der Waals surface area contributed by atoms with Gasteiger partial charge in [0.1, 0.15) is 11.4 Å². The summed E-state index contributed by atoms with van der Waals surface area (Å²) in [4.78, 5) is 102. The fourth-order valence-electron chi connectivity index (χ4n) is 5.91. The molecule has 0 aliphatic rings. The normalized spacial score (nSPS) is 11.1. The van der Waals surface area contributed by atoms with E-state index < -0.39 is 47.0 Å². The molecule has 22 nitrogen and oxygen atoms in total. The van der Waals surface area contributed by atoms with E-state index in [4.69, 9.17) is 4.74 Å². The van der Waals surface area contributed by atoms with Gasteiger partial charge in [-0.05, 0) is 32.9 Å². The van der Waals surface area contributed by atoms with Gasteiger partial charge in [-0.1, -0.05) is 0 Å². The Labute approximate surface area is 337 Å². The number of aromatic nitrogens is 8. The summed E-state index contributed by atoms with van der Waals surface area (Å²) in [5.74, 6) is -3.12. The summed E-state index contributed by atoms with van der Waals surface area (Å²) in [7, 11) is 8.11. The lowest BCUT2D eigenvalue weighted by molar-refractivity contribution is -0.117. The number of esters is 1. The Morgan fingerprint density at radius 1 is 0.644 bits per heavy atom. The van der Waals surface area contributed by atoms with Crippen molar-refractivity contribution >= 4 is 64.4 Å². The molecule has 6 N–H and O–H groups in total. The monoisotopic (exact) mass is 814 g/mol. The van der Waals surface area contributed by atoms with Gasteiger partial charge in [-0.3, -0.25) is 28.8 Å². The molecule has 312 valence electrons. The number of hydrogen-bond donors (Lipinski definition) is 6. The van der Waals surface area contributed by atoms with Crippen LogP contribution in [0.25, 0.3) is 0 Å². The molecule has 5 rings (SSSR count). The van der Waals surface area contributed by atoms with Gasteiger partial charge in [0, 0.05) is 97.3 Å². The van der Waals surface area contributed by atoms with E-state index in [-0.39, 0.29) is 72.2 Å². The van der Waals surface area contributed by atoms with Gasteiger partial charge >= 0.3 is 5.97 Å². The quantitative estimate of drug-likeness (QED) is 0.0779. The van der Waals surface area contributed by atoms with E-state index >= 15 is 0 Å². The summed E-state index contributed by atoms with van der Waals surface area (Å²) in [5.41, 5.74) is 0.117. The second kappa shape index (κ2) is 17.7. The van der Waals surface area contributed by atoms with Gasteiger partial charge < -0.3 is 59.5 Å². The summed E-state index contributed by atoms with van der Waals surface area (Å²) in [6, 6.07) is 2.96. The largest absolute Gasteiger partial charge is 0.460 e. The molecule has 59 heavy (non-hydrogen) atoms. The van der Waals surface area contributed by atoms with Gasteiger partial charge in [-0.2, -0.15) is 0 Å². The third-order valence-electron chi connectivity index (χ3n) is 8.66. The van der Waals surface area contributed by atoms with Crippen molar-refractivity contribution in [1.82, 2.24) is 48.4 Å². The topological polar surface area (TPSA) is 264 Å². The average molecular weight is 815 g/mol. The molecular formula is C37H46N14O8. The zero-order valence-corrected chi connectivity index (χ0v) is 33.8. The molecule has 0 aliphatic heterocycles. The molecule has 0 spiro atoms. The molecule has 5 aromatic heterocycles. The van der Waals surface area contributed by atoms with Gasteiger partial charge in [-0.15, -0.1) is 0 Å². The fraction of sp³-hybridized carbons (Fsp3) is 0.351. The Kier molecular flexibility index (Phi) is 12.8. The Morgan fingerprint density at radius 3 is 1.76 bits per heavy atom. The van der Waals surface area contributed by atoms with E-state index in [1.807, 2.05) is 0 Å². The zero-order chi connectivity index (χ0) is 43.2. The van der Waals surface area contributed by atoms with Gasteiger partial charge in [0.05, 0.1) is 18.0 Å². The molecule has 0 saturated carbocycles. The van der Waals surface area contributed by atoms with Gasteiger partial charge in [-0.25, -0.2) is 19.7 Å². The standard InChI is InChI=1S/C37H46N14O8/c1-9-59-36(58)31-45-26(20-51(31)8)43-28(53)16-37(2,3)46-33(55)24-15-22(18-49(24)6)41-35(57)30-44-25(19-50(30)7)42-27(52)10-11-39-32(54)23-14-21(17-48(23)5)40-34(56)29-38-12-13-47(29)4/h12-15,17-20H,9-11,16H2,1-8H3,(H,39,54)(H,40,56)(H,41,57)(H,42,52)(H,43,53)(H,46,55). The first-order valence-corrected chi connectivity index (χ1v) is 18.2. The fourth-order valence-corrected chi connectivity index (χ4v) is 5.91. The van der Waals surface area contributed by atoms with Crippen molar-refractivity contribution in [2.24, 2.45) is 35.2 Å². The molecule has 5 heterocycles. The van der Waals surface area contributed by atoms with Crippen LogP contribution in [0.2, 0.25) is 0 Å². The first-order valence-electron chi connectivity index (χ1n) is 18.2. The number of ether oxygens (including phenoxy) is 1. The first-order chi connectivity index (χ1) is 27.8. The molecule has 6 amide bonds. The van der Waals surface area contributed by atoms with Crippen LogP contribution in [0.1, 0.15) is 86.4 Å². The minimum Gasteiger partial charge on any atom is -0.460 e. The number of anilines is 4. The Balaban J connectivity index is 1.09. The van der Waals surface area contributed by atoms with E-state index in [1.165, 1.54) is 55.2 Å². The number of carbonyl (C=O) groups excluding carboxylic acids is 7. The van der Waals surface area contributed by atoms with Crippen molar-refractivity contribution in [2.75, 3.05) is 34.4 Å². The predicted octanol–water partition coefficient (Wildman–Crippen LogP) is 1.54. The molecule has 0 radical (unpaired) electrons. The second-order valence-electron chi connectivity index (χ2n) is 14.2. The van der Waals surface area contributed by atoms with Gasteiger partial charge in [0.2, 0.25) is 23.5 Å². The van der Waals surface area contributed by atoms with E-state index in [2.05, 4.69) is 46.9 Å². The number of aryl methyl sites for hydroxylation is 5. The number of hydrogen-bond acceptors (Lipinski definition) is 11. The van der Waals surface area contributed by atoms with E-state index in [1.54, 1.807) is 73.0 Å². The third-order valence-corrected chi connectivity index (χ3v) is 8.66. The minimum absolute atomic E-state index is 0.0102.